The summed E-state index contributed by atoms with van der Waals surface area (Å²) in [6.07, 6.45) is 1.11. The Balaban J connectivity index is 1.23. The second-order valence-electron chi connectivity index (χ2n) is 16.1. The highest BCUT2D eigenvalue weighted by Crippen LogP contribution is 2.36. The molecule has 15 heteroatoms. The normalized spacial score (nSPS) is 21.2. The second-order valence-corrected chi connectivity index (χ2v) is 22.4. The molecule has 6 rings (SSSR count). The predicted octanol–water partition coefficient (Wildman–Crippen LogP) is 5.89. The van der Waals surface area contributed by atoms with Gasteiger partial charge in [0.25, 0.3) is 0 Å². The third-order valence-corrected chi connectivity index (χ3v) is 16.5. The molecule has 0 bridgehead atoms. The first kappa shape index (κ1) is 44.4. The van der Waals surface area contributed by atoms with Crippen LogP contribution in [0.25, 0.3) is 22.3 Å². The minimum absolute atomic E-state index is 0.110. The number of anilines is 1. The van der Waals surface area contributed by atoms with Crippen LogP contribution in [-0.4, -0.2) is 114 Å². The Labute approximate surface area is 351 Å². The monoisotopic (exact) mass is 860 g/mol. The number of nitrogens with one attached hydrogen (secondary N) is 2. The van der Waals surface area contributed by atoms with Crippen molar-refractivity contribution in [2.75, 3.05) is 56.8 Å². The average molecular weight is 861 g/mol. The van der Waals surface area contributed by atoms with E-state index in [2.05, 4.69) is 32.2 Å². The number of rotatable bonds is 16. The number of likely N-dealkylation sites (N-methyl/N-ethyl adjacent to an activating group) is 2. The Bertz CT molecular complexity index is 2460. The van der Waals surface area contributed by atoms with Gasteiger partial charge in [0.05, 0.1) is 28.4 Å². The van der Waals surface area contributed by atoms with Crippen LogP contribution in [0, 0.1) is 11.3 Å². The Morgan fingerprint density at radius 1 is 0.712 bits per heavy atom. The quantitative estimate of drug-likeness (QED) is 0.140. The van der Waals surface area contributed by atoms with Crippen molar-refractivity contribution in [1.82, 2.24) is 18.8 Å². The zero-order valence-electron chi connectivity index (χ0n) is 34.6. The molecule has 2 saturated heterocycles. The SMILES string of the molecule is CCN1CC(NS(=O)(=O)C(C)CN(C2CN(CC)CC2c2ccc(-c3cccc(NS(C)(=O)=O)c3)cc2)S(=O)(=O)C(C)C)C(c2ccc(-c3ccc(C#N)cc3)cc2)C1. The summed E-state index contributed by atoms with van der Waals surface area (Å²) >= 11 is 0. The average Bonchev–Trinajstić information content (AvgIpc) is 3.83. The number of likely N-dealkylation sites (tertiary alicyclic amines) is 2. The van der Waals surface area contributed by atoms with Gasteiger partial charge in [0.1, 0.15) is 0 Å². The van der Waals surface area contributed by atoms with Gasteiger partial charge in [-0.2, -0.15) is 9.57 Å². The van der Waals surface area contributed by atoms with E-state index in [1.165, 1.54) is 4.31 Å². The van der Waals surface area contributed by atoms with Crippen molar-refractivity contribution in [1.29, 1.82) is 5.26 Å². The van der Waals surface area contributed by atoms with E-state index in [1.54, 1.807) is 51.1 Å². The lowest BCUT2D eigenvalue weighted by atomic mass is 9.92. The van der Waals surface area contributed by atoms with E-state index in [0.29, 0.717) is 44.0 Å². The molecule has 5 atom stereocenters. The van der Waals surface area contributed by atoms with Gasteiger partial charge < -0.3 is 9.80 Å². The van der Waals surface area contributed by atoms with Gasteiger partial charge in [-0.15, -0.1) is 0 Å². The van der Waals surface area contributed by atoms with Gasteiger partial charge in [-0.3, -0.25) is 4.72 Å². The summed E-state index contributed by atoms with van der Waals surface area (Å²) < 4.78 is 87.9. The molecule has 0 spiro atoms. The van der Waals surface area contributed by atoms with Crippen molar-refractivity contribution in [2.24, 2.45) is 0 Å². The maximum atomic E-state index is 14.3. The number of nitriles is 1. The van der Waals surface area contributed by atoms with Crippen molar-refractivity contribution >= 4 is 35.8 Å². The summed E-state index contributed by atoms with van der Waals surface area (Å²) in [6.45, 7) is 12.5. The summed E-state index contributed by atoms with van der Waals surface area (Å²) in [5.74, 6) is -0.329. The highest BCUT2D eigenvalue weighted by molar-refractivity contribution is 7.92. The van der Waals surface area contributed by atoms with E-state index in [4.69, 9.17) is 0 Å². The number of benzene rings is 4. The summed E-state index contributed by atoms with van der Waals surface area (Å²) in [5, 5.41) is 7.37. The van der Waals surface area contributed by atoms with E-state index in [0.717, 1.165) is 46.2 Å². The van der Waals surface area contributed by atoms with E-state index in [-0.39, 0.29) is 18.4 Å². The molecule has 2 heterocycles. The van der Waals surface area contributed by atoms with Crippen molar-refractivity contribution in [3.63, 3.8) is 0 Å². The van der Waals surface area contributed by atoms with Crippen molar-refractivity contribution < 1.29 is 25.3 Å². The van der Waals surface area contributed by atoms with Gasteiger partial charge in [-0.25, -0.2) is 30.0 Å². The molecule has 2 aliphatic heterocycles. The molecule has 0 radical (unpaired) electrons. The third kappa shape index (κ3) is 10.4. The predicted molar refractivity (Wildman–Crippen MR) is 237 cm³/mol. The summed E-state index contributed by atoms with van der Waals surface area (Å²) in [7, 11) is -11.4. The lowest BCUT2D eigenvalue weighted by Gasteiger charge is -2.35. The van der Waals surface area contributed by atoms with Crippen molar-refractivity contribution in [3.05, 3.63) is 114 Å². The summed E-state index contributed by atoms with van der Waals surface area (Å²) in [6, 6.07) is 31.8. The summed E-state index contributed by atoms with van der Waals surface area (Å²) in [5.41, 5.74) is 6.69. The topological polar surface area (TPSA) is 160 Å². The molecule has 0 amide bonds. The van der Waals surface area contributed by atoms with Gasteiger partial charge in [0.15, 0.2) is 0 Å². The van der Waals surface area contributed by atoms with E-state index in [1.807, 2.05) is 73.7 Å². The van der Waals surface area contributed by atoms with Gasteiger partial charge in [-0.05, 0) is 91.5 Å². The highest BCUT2D eigenvalue weighted by atomic mass is 32.2. The number of hydrogen-bond acceptors (Lipinski definition) is 9. The van der Waals surface area contributed by atoms with Gasteiger partial charge in [0.2, 0.25) is 30.1 Å². The second kappa shape index (κ2) is 18.2. The lowest BCUT2D eigenvalue weighted by Crippen LogP contribution is -2.53. The lowest BCUT2D eigenvalue weighted by molar-refractivity contribution is 0.286. The minimum Gasteiger partial charge on any atom is -0.301 e. The maximum absolute atomic E-state index is 14.3. The Hall–Kier alpha value is -4.14. The number of hydrogen-bond donors (Lipinski definition) is 2. The van der Waals surface area contributed by atoms with Crippen molar-refractivity contribution in [3.8, 4) is 28.3 Å². The van der Waals surface area contributed by atoms with E-state index in [9.17, 15) is 30.5 Å². The standard InChI is InChI=1S/C44H56N6O6S3/c1-7-48-27-41(37-20-16-35(17-21-37)34-14-12-33(25-45)13-15-34)43(29-48)47-58(53,54)32(5)26-50(59(55,56)31(3)4)44-30-49(8-2)28-42(44)38-22-18-36(19-23-38)39-10-9-11-40(24-39)46-57(6,51)52/h9-24,31-32,41-44,46-47H,7-8,26-30H2,1-6H3. The first-order chi connectivity index (χ1) is 27.9. The van der Waals surface area contributed by atoms with Crippen LogP contribution in [0.2, 0.25) is 0 Å². The fourth-order valence-corrected chi connectivity index (χ4v) is 11.7. The smallest absolute Gasteiger partial charge is 0.229 e. The maximum Gasteiger partial charge on any atom is 0.229 e. The van der Waals surface area contributed by atoms with Gasteiger partial charge >= 0.3 is 0 Å². The van der Waals surface area contributed by atoms with Crippen LogP contribution in [0.15, 0.2) is 97.1 Å². The van der Waals surface area contributed by atoms with Crippen LogP contribution in [-0.2, 0) is 30.1 Å². The molecular formula is C44H56N6O6S3. The van der Waals surface area contributed by atoms with E-state index >= 15 is 0 Å². The van der Waals surface area contributed by atoms with Crippen LogP contribution < -0.4 is 9.44 Å². The Kier molecular flexibility index (Phi) is 13.7. The van der Waals surface area contributed by atoms with Crippen molar-refractivity contribution in [2.45, 2.75) is 69.0 Å². The van der Waals surface area contributed by atoms with Crippen LogP contribution in [0.4, 0.5) is 5.69 Å². The first-order valence-corrected chi connectivity index (χ1v) is 25.1. The Morgan fingerprint density at radius 3 is 1.78 bits per heavy atom. The molecule has 316 valence electrons. The molecular weight excluding hydrogens is 805 g/mol. The fraction of sp³-hybridized carbons (Fsp3) is 0.432. The van der Waals surface area contributed by atoms with E-state index < -0.39 is 52.7 Å². The number of nitrogens with zero attached hydrogens (tertiary/aromatic N) is 4. The third-order valence-electron chi connectivity index (χ3n) is 11.8. The van der Waals surface area contributed by atoms with Crippen LogP contribution in [0.3, 0.4) is 0 Å². The van der Waals surface area contributed by atoms with Gasteiger partial charge in [-0.1, -0.05) is 86.6 Å². The molecule has 0 aromatic heterocycles. The van der Waals surface area contributed by atoms with Gasteiger partial charge in [0, 0.05) is 62.3 Å². The first-order valence-electron chi connectivity index (χ1n) is 20.2. The van der Waals surface area contributed by atoms with Crippen LogP contribution in [0.1, 0.15) is 63.1 Å². The molecule has 4 aromatic rings. The molecule has 59 heavy (non-hydrogen) atoms. The molecule has 2 aliphatic rings. The highest BCUT2D eigenvalue weighted by Gasteiger charge is 2.45. The largest absolute Gasteiger partial charge is 0.301 e. The molecule has 4 aromatic carbocycles. The van der Waals surface area contributed by atoms with Crippen LogP contribution in [0.5, 0.6) is 0 Å². The molecule has 0 saturated carbocycles. The zero-order valence-corrected chi connectivity index (χ0v) is 37.1. The number of sulfonamides is 3. The Morgan fingerprint density at radius 2 is 1.24 bits per heavy atom. The molecule has 0 aliphatic carbocycles. The van der Waals surface area contributed by atoms with Crippen LogP contribution >= 0.6 is 0 Å². The molecule has 5 unspecified atom stereocenters. The minimum atomic E-state index is -4.00. The zero-order chi connectivity index (χ0) is 42.7. The molecule has 12 nitrogen and oxygen atoms in total. The molecule has 2 N–H and O–H groups in total. The summed E-state index contributed by atoms with van der Waals surface area (Å²) in [4.78, 5) is 4.43. The fourth-order valence-electron chi connectivity index (χ4n) is 8.28. The molecule has 2 fully saturated rings.